The highest BCUT2D eigenvalue weighted by Gasteiger charge is 2.22. The van der Waals surface area contributed by atoms with E-state index in [9.17, 15) is 4.79 Å². The van der Waals surface area contributed by atoms with E-state index in [1.165, 1.54) is 32.1 Å². The van der Waals surface area contributed by atoms with Crippen LogP contribution in [0.3, 0.4) is 0 Å². The van der Waals surface area contributed by atoms with Gasteiger partial charge >= 0.3 is 0 Å². The van der Waals surface area contributed by atoms with Crippen molar-refractivity contribution in [2.45, 2.75) is 51.0 Å². The second-order valence-corrected chi connectivity index (χ2v) is 4.87. The summed E-state index contributed by atoms with van der Waals surface area (Å²) in [6.07, 6.45) is 8.45. The molecule has 0 spiro atoms. The van der Waals surface area contributed by atoms with Crippen molar-refractivity contribution in [2.75, 3.05) is 13.1 Å². The first kappa shape index (κ1) is 10.9. The zero-order valence-corrected chi connectivity index (χ0v) is 9.43. The van der Waals surface area contributed by atoms with Gasteiger partial charge in [0.15, 0.2) is 0 Å². The number of hydrogen-bond donors (Lipinski definition) is 2. The predicted octanol–water partition coefficient (Wildman–Crippen LogP) is 1.43. The quantitative estimate of drug-likeness (QED) is 0.740. The minimum atomic E-state index is 0.295. The van der Waals surface area contributed by atoms with Crippen LogP contribution in [0, 0.1) is 5.92 Å². The van der Waals surface area contributed by atoms with Crippen LogP contribution < -0.4 is 10.6 Å². The molecule has 0 bridgehead atoms. The van der Waals surface area contributed by atoms with Crippen molar-refractivity contribution in [3.8, 4) is 0 Å². The fourth-order valence-electron chi connectivity index (χ4n) is 2.66. The smallest absolute Gasteiger partial charge is 0.223 e. The minimum Gasteiger partial charge on any atom is -0.354 e. The van der Waals surface area contributed by atoms with Gasteiger partial charge in [0.2, 0.25) is 5.91 Å². The van der Waals surface area contributed by atoms with Crippen LogP contribution in [0.15, 0.2) is 0 Å². The van der Waals surface area contributed by atoms with Crippen LogP contribution in [-0.2, 0) is 4.79 Å². The molecule has 2 aliphatic rings. The Morgan fingerprint density at radius 2 is 1.93 bits per heavy atom. The van der Waals surface area contributed by atoms with E-state index >= 15 is 0 Å². The van der Waals surface area contributed by atoms with Crippen LogP contribution >= 0.6 is 0 Å². The lowest BCUT2D eigenvalue weighted by Gasteiger charge is -2.21. The molecule has 1 aliphatic heterocycles. The summed E-state index contributed by atoms with van der Waals surface area (Å²) in [5.41, 5.74) is 0. The SMILES string of the molecule is O=C(NCC1CCCN1)C1CCCCC1. The number of nitrogens with one attached hydrogen (secondary N) is 2. The summed E-state index contributed by atoms with van der Waals surface area (Å²) in [4.78, 5) is 11.8. The molecule has 1 saturated heterocycles. The Labute approximate surface area is 92.0 Å². The molecule has 0 aromatic rings. The van der Waals surface area contributed by atoms with Crippen molar-refractivity contribution in [1.29, 1.82) is 0 Å². The number of carbonyl (C=O) groups excluding carboxylic acids is 1. The van der Waals surface area contributed by atoms with Crippen molar-refractivity contribution in [3.05, 3.63) is 0 Å². The molecule has 1 amide bonds. The number of hydrogen-bond acceptors (Lipinski definition) is 2. The molecule has 0 radical (unpaired) electrons. The van der Waals surface area contributed by atoms with Gasteiger partial charge in [-0.3, -0.25) is 4.79 Å². The third kappa shape index (κ3) is 3.20. The zero-order valence-electron chi connectivity index (χ0n) is 9.43. The van der Waals surface area contributed by atoms with Crippen molar-refractivity contribution in [1.82, 2.24) is 10.6 Å². The standard InChI is InChI=1S/C12H22N2O/c15-12(10-5-2-1-3-6-10)14-9-11-7-4-8-13-11/h10-11,13H,1-9H2,(H,14,15). The van der Waals surface area contributed by atoms with E-state index in [1.54, 1.807) is 0 Å². The lowest BCUT2D eigenvalue weighted by molar-refractivity contribution is -0.126. The first-order valence-corrected chi connectivity index (χ1v) is 6.37. The van der Waals surface area contributed by atoms with Gasteiger partial charge in [-0.15, -0.1) is 0 Å². The molecule has 2 fully saturated rings. The van der Waals surface area contributed by atoms with Crippen molar-refractivity contribution in [3.63, 3.8) is 0 Å². The van der Waals surface area contributed by atoms with Crippen LogP contribution in [0.25, 0.3) is 0 Å². The van der Waals surface area contributed by atoms with E-state index in [-0.39, 0.29) is 0 Å². The Balaban J connectivity index is 1.66. The Morgan fingerprint density at radius 3 is 2.60 bits per heavy atom. The summed E-state index contributed by atoms with van der Waals surface area (Å²) in [6, 6.07) is 0.526. The molecular formula is C12H22N2O. The topological polar surface area (TPSA) is 41.1 Å². The van der Waals surface area contributed by atoms with Crippen LogP contribution in [0.1, 0.15) is 44.9 Å². The zero-order chi connectivity index (χ0) is 10.5. The monoisotopic (exact) mass is 210 g/mol. The van der Waals surface area contributed by atoms with E-state index in [4.69, 9.17) is 0 Å². The summed E-state index contributed by atoms with van der Waals surface area (Å²) in [5, 5.41) is 6.49. The Hall–Kier alpha value is -0.570. The van der Waals surface area contributed by atoms with Gasteiger partial charge in [-0.2, -0.15) is 0 Å². The number of carbonyl (C=O) groups is 1. The maximum atomic E-state index is 11.8. The van der Waals surface area contributed by atoms with E-state index < -0.39 is 0 Å². The Morgan fingerprint density at radius 1 is 1.13 bits per heavy atom. The summed E-state index contributed by atoms with van der Waals surface area (Å²) < 4.78 is 0. The molecule has 86 valence electrons. The molecule has 3 nitrogen and oxygen atoms in total. The first-order valence-electron chi connectivity index (χ1n) is 6.37. The van der Waals surface area contributed by atoms with Gasteiger partial charge in [0.1, 0.15) is 0 Å². The van der Waals surface area contributed by atoms with Gasteiger partial charge in [0, 0.05) is 18.5 Å². The number of rotatable bonds is 3. The third-order valence-electron chi connectivity index (χ3n) is 3.66. The maximum Gasteiger partial charge on any atom is 0.223 e. The first-order chi connectivity index (χ1) is 7.36. The highest BCUT2D eigenvalue weighted by Crippen LogP contribution is 2.23. The molecular weight excluding hydrogens is 188 g/mol. The molecule has 2 rings (SSSR count). The molecule has 0 aromatic carbocycles. The molecule has 1 atom stereocenters. The second-order valence-electron chi connectivity index (χ2n) is 4.87. The fraction of sp³-hybridized carbons (Fsp3) is 0.917. The third-order valence-corrected chi connectivity index (χ3v) is 3.66. The van der Waals surface area contributed by atoms with Crippen molar-refractivity contribution in [2.24, 2.45) is 5.92 Å². The largest absolute Gasteiger partial charge is 0.354 e. The molecule has 1 saturated carbocycles. The average molecular weight is 210 g/mol. The predicted molar refractivity (Wildman–Crippen MR) is 60.6 cm³/mol. The normalized spacial score (nSPS) is 27.9. The highest BCUT2D eigenvalue weighted by atomic mass is 16.1. The molecule has 3 heteroatoms. The van der Waals surface area contributed by atoms with Crippen LogP contribution in [0.5, 0.6) is 0 Å². The molecule has 0 aromatic heterocycles. The molecule has 2 N–H and O–H groups in total. The van der Waals surface area contributed by atoms with E-state index in [1.807, 2.05) is 0 Å². The average Bonchev–Trinajstić information content (AvgIpc) is 2.80. The van der Waals surface area contributed by atoms with Gasteiger partial charge in [0.25, 0.3) is 0 Å². The molecule has 1 unspecified atom stereocenters. The second kappa shape index (κ2) is 5.50. The summed E-state index contributed by atoms with van der Waals surface area (Å²) >= 11 is 0. The van der Waals surface area contributed by atoms with Gasteiger partial charge in [-0.05, 0) is 32.2 Å². The summed E-state index contributed by atoms with van der Waals surface area (Å²) in [6.45, 7) is 1.94. The van der Waals surface area contributed by atoms with E-state index in [2.05, 4.69) is 10.6 Å². The van der Waals surface area contributed by atoms with Gasteiger partial charge < -0.3 is 10.6 Å². The van der Waals surface area contributed by atoms with Crippen molar-refractivity contribution < 1.29 is 4.79 Å². The Kier molecular flexibility index (Phi) is 4.01. The van der Waals surface area contributed by atoms with E-state index in [0.29, 0.717) is 17.9 Å². The van der Waals surface area contributed by atoms with E-state index in [0.717, 1.165) is 25.9 Å². The van der Waals surface area contributed by atoms with Crippen molar-refractivity contribution >= 4 is 5.91 Å². The Bertz CT molecular complexity index is 206. The number of amides is 1. The van der Waals surface area contributed by atoms with Crippen LogP contribution in [0.4, 0.5) is 0 Å². The van der Waals surface area contributed by atoms with Crippen LogP contribution in [0.2, 0.25) is 0 Å². The lowest BCUT2D eigenvalue weighted by atomic mass is 9.88. The molecule has 1 heterocycles. The summed E-state index contributed by atoms with van der Waals surface area (Å²) in [7, 11) is 0. The molecule has 15 heavy (non-hydrogen) atoms. The van der Waals surface area contributed by atoms with Gasteiger partial charge in [-0.25, -0.2) is 0 Å². The molecule has 1 aliphatic carbocycles. The van der Waals surface area contributed by atoms with Crippen LogP contribution in [-0.4, -0.2) is 25.0 Å². The lowest BCUT2D eigenvalue weighted by Crippen LogP contribution is -2.40. The summed E-state index contributed by atoms with van der Waals surface area (Å²) in [5.74, 6) is 0.601. The fourth-order valence-corrected chi connectivity index (χ4v) is 2.66. The van der Waals surface area contributed by atoms with Gasteiger partial charge in [-0.1, -0.05) is 19.3 Å². The highest BCUT2D eigenvalue weighted by molar-refractivity contribution is 5.78. The maximum absolute atomic E-state index is 11.8. The minimum absolute atomic E-state index is 0.295. The van der Waals surface area contributed by atoms with Gasteiger partial charge in [0.05, 0.1) is 0 Å².